The molecule has 8 nitrogen and oxygen atoms in total. The standard InChI is InChI=1S/C21H22N4O4/c1-4-19(20(26)23-15-8-10-16(28-2)11-9-15)25-21(27)24-18(13-22-25)14-6-5-7-17(12-14)29-3/h5-13,19H,4H2,1-3H3,(H,23,26)/t19-/m0/s1. The van der Waals surface area contributed by atoms with Gasteiger partial charge in [0.25, 0.3) is 0 Å². The van der Waals surface area contributed by atoms with Crippen molar-refractivity contribution in [2.75, 3.05) is 19.5 Å². The van der Waals surface area contributed by atoms with E-state index in [4.69, 9.17) is 9.47 Å². The lowest BCUT2D eigenvalue weighted by Gasteiger charge is -2.16. The fourth-order valence-corrected chi connectivity index (χ4v) is 2.85. The molecule has 0 aliphatic rings. The highest BCUT2D eigenvalue weighted by Gasteiger charge is 2.22. The van der Waals surface area contributed by atoms with Crippen molar-refractivity contribution in [2.45, 2.75) is 19.4 Å². The molecule has 0 saturated carbocycles. The summed E-state index contributed by atoms with van der Waals surface area (Å²) in [6.45, 7) is 1.81. The Balaban J connectivity index is 1.83. The van der Waals surface area contributed by atoms with Crippen LogP contribution in [0.2, 0.25) is 0 Å². The highest BCUT2D eigenvalue weighted by atomic mass is 16.5. The van der Waals surface area contributed by atoms with Crippen LogP contribution in [-0.2, 0) is 4.79 Å². The first-order chi connectivity index (χ1) is 14.0. The topological polar surface area (TPSA) is 95.3 Å². The zero-order valence-electron chi connectivity index (χ0n) is 16.5. The Morgan fingerprint density at radius 3 is 2.45 bits per heavy atom. The number of ether oxygens (including phenoxy) is 2. The molecule has 1 heterocycles. The molecule has 1 aromatic heterocycles. The van der Waals surface area contributed by atoms with Crippen molar-refractivity contribution in [3.8, 4) is 22.8 Å². The van der Waals surface area contributed by atoms with Gasteiger partial charge in [-0.2, -0.15) is 10.1 Å². The van der Waals surface area contributed by atoms with E-state index in [2.05, 4.69) is 15.4 Å². The van der Waals surface area contributed by atoms with Crippen LogP contribution >= 0.6 is 0 Å². The van der Waals surface area contributed by atoms with Gasteiger partial charge in [0.1, 0.15) is 17.5 Å². The zero-order chi connectivity index (χ0) is 20.8. The number of anilines is 1. The molecule has 1 N–H and O–H groups in total. The summed E-state index contributed by atoms with van der Waals surface area (Å²) in [6, 6.07) is 13.3. The van der Waals surface area contributed by atoms with E-state index < -0.39 is 11.7 Å². The molecule has 0 aliphatic heterocycles. The summed E-state index contributed by atoms with van der Waals surface area (Å²) in [5, 5.41) is 6.98. The van der Waals surface area contributed by atoms with Gasteiger partial charge in [-0.15, -0.1) is 0 Å². The average Bonchev–Trinajstić information content (AvgIpc) is 2.76. The van der Waals surface area contributed by atoms with Crippen molar-refractivity contribution in [1.82, 2.24) is 14.8 Å². The molecule has 0 saturated heterocycles. The third-order valence-electron chi connectivity index (χ3n) is 4.42. The quantitative estimate of drug-likeness (QED) is 0.662. The number of benzene rings is 2. The van der Waals surface area contributed by atoms with Gasteiger partial charge >= 0.3 is 5.69 Å². The van der Waals surface area contributed by atoms with E-state index in [0.717, 1.165) is 4.68 Å². The SMILES string of the molecule is CC[C@@H](C(=O)Nc1ccc(OC)cc1)n1ncc(-c2cccc(OC)c2)nc1=O. The third-order valence-corrected chi connectivity index (χ3v) is 4.42. The maximum absolute atomic E-state index is 12.7. The van der Waals surface area contributed by atoms with Gasteiger partial charge in [0, 0.05) is 11.3 Å². The average molecular weight is 394 g/mol. The summed E-state index contributed by atoms with van der Waals surface area (Å²) in [7, 11) is 3.14. The predicted molar refractivity (Wildman–Crippen MR) is 109 cm³/mol. The molecule has 150 valence electrons. The van der Waals surface area contributed by atoms with Crippen molar-refractivity contribution >= 4 is 11.6 Å². The van der Waals surface area contributed by atoms with Gasteiger partial charge in [-0.1, -0.05) is 19.1 Å². The summed E-state index contributed by atoms with van der Waals surface area (Å²) in [5.41, 5.74) is 1.12. The van der Waals surface area contributed by atoms with Crippen molar-refractivity contribution in [3.63, 3.8) is 0 Å². The normalized spacial score (nSPS) is 11.6. The lowest BCUT2D eigenvalue weighted by atomic mass is 10.1. The van der Waals surface area contributed by atoms with Crippen molar-refractivity contribution in [1.29, 1.82) is 0 Å². The van der Waals surface area contributed by atoms with E-state index in [1.54, 1.807) is 56.7 Å². The maximum Gasteiger partial charge on any atom is 0.365 e. The number of rotatable bonds is 7. The third kappa shape index (κ3) is 4.60. The van der Waals surface area contributed by atoms with E-state index in [1.807, 2.05) is 13.0 Å². The summed E-state index contributed by atoms with van der Waals surface area (Å²) < 4.78 is 11.4. The molecule has 3 aromatic rings. The number of nitrogens with one attached hydrogen (secondary N) is 1. The summed E-state index contributed by atoms with van der Waals surface area (Å²) in [5.74, 6) is 0.993. The second kappa shape index (κ2) is 9.01. The minimum absolute atomic E-state index is 0.344. The van der Waals surface area contributed by atoms with E-state index in [0.29, 0.717) is 34.9 Å². The van der Waals surface area contributed by atoms with Crippen LogP contribution < -0.4 is 20.5 Å². The second-order valence-corrected chi connectivity index (χ2v) is 6.24. The molecular weight excluding hydrogens is 372 g/mol. The van der Waals surface area contributed by atoms with Gasteiger partial charge < -0.3 is 14.8 Å². The molecule has 0 spiro atoms. The summed E-state index contributed by atoms with van der Waals surface area (Å²) in [4.78, 5) is 29.4. The van der Waals surface area contributed by atoms with Crippen LogP contribution in [0, 0.1) is 0 Å². The maximum atomic E-state index is 12.7. The minimum Gasteiger partial charge on any atom is -0.497 e. The Bertz CT molecular complexity index is 1050. The minimum atomic E-state index is -0.781. The Labute approximate surface area is 168 Å². The monoisotopic (exact) mass is 394 g/mol. The first-order valence-electron chi connectivity index (χ1n) is 9.11. The second-order valence-electron chi connectivity index (χ2n) is 6.24. The molecule has 0 bridgehead atoms. The van der Waals surface area contributed by atoms with Gasteiger partial charge in [-0.25, -0.2) is 9.48 Å². The van der Waals surface area contributed by atoms with Gasteiger partial charge in [0.15, 0.2) is 0 Å². The number of methoxy groups -OCH3 is 2. The fraction of sp³-hybridized carbons (Fsp3) is 0.238. The van der Waals surface area contributed by atoms with E-state index in [9.17, 15) is 9.59 Å². The molecule has 0 aliphatic carbocycles. The number of carbonyl (C=O) groups is 1. The molecule has 0 unspecified atom stereocenters. The number of hydrogen-bond acceptors (Lipinski definition) is 6. The molecule has 0 radical (unpaired) electrons. The predicted octanol–water partition coefficient (Wildman–Crippen LogP) is 2.91. The molecule has 29 heavy (non-hydrogen) atoms. The van der Waals surface area contributed by atoms with Crippen molar-refractivity contribution < 1.29 is 14.3 Å². The summed E-state index contributed by atoms with van der Waals surface area (Å²) in [6.07, 6.45) is 1.86. The Morgan fingerprint density at radius 2 is 1.83 bits per heavy atom. The number of nitrogens with zero attached hydrogens (tertiary/aromatic N) is 3. The molecular formula is C21H22N4O4. The van der Waals surface area contributed by atoms with E-state index in [-0.39, 0.29) is 5.91 Å². The zero-order valence-corrected chi connectivity index (χ0v) is 16.5. The molecule has 1 atom stereocenters. The largest absolute Gasteiger partial charge is 0.497 e. The number of carbonyl (C=O) groups excluding carboxylic acids is 1. The molecule has 1 amide bonds. The lowest BCUT2D eigenvalue weighted by molar-refractivity contribution is -0.119. The number of aromatic nitrogens is 3. The molecule has 2 aromatic carbocycles. The van der Waals surface area contributed by atoms with Gasteiger partial charge in [-0.3, -0.25) is 4.79 Å². The van der Waals surface area contributed by atoms with Gasteiger partial charge in [0.05, 0.1) is 26.1 Å². The Kier molecular flexibility index (Phi) is 6.23. The first kappa shape index (κ1) is 20.1. The molecule has 3 rings (SSSR count). The van der Waals surface area contributed by atoms with Crippen LogP contribution in [0.5, 0.6) is 11.5 Å². The molecule has 8 heteroatoms. The first-order valence-corrected chi connectivity index (χ1v) is 9.11. The van der Waals surface area contributed by atoms with Gasteiger partial charge in [-0.05, 0) is 42.8 Å². The van der Waals surface area contributed by atoms with E-state index in [1.165, 1.54) is 6.20 Å². The van der Waals surface area contributed by atoms with Crippen LogP contribution in [-0.4, -0.2) is 34.9 Å². The van der Waals surface area contributed by atoms with Crippen LogP contribution in [0.25, 0.3) is 11.3 Å². The van der Waals surface area contributed by atoms with Crippen LogP contribution in [0.1, 0.15) is 19.4 Å². The smallest absolute Gasteiger partial charge is 0.365 e. The van der Waals surface area contributed by atoms with Crippen molar-refractivity contribution in [2.24, 2.45) is 0 Å². The van der Waals surface area contributed by atoms with E-state index >= 15 is 0 Å². The van der Waals surface area contributed by atoms with Crippen LogP contribution in [0.15, 0.2) is 59.5 Å². The highest BCUT2D eigenvalue weighted by molar-refractivity contribution is 5.93. The number of hydrogen-bond donors (Lipinski definition) is 1. The highest BCUT2D eigenvalue weighted by Crippen LogP contribution is 2.21. The van der Waals surface area contributed by atoms with Crippen molar-refractivity contribution in [3.05, 3.63) is 65.2 Å². The van der Waals surface area contributed by atoms with Crippen LogP contribution in [0.4, 0.5) is 5.69 Å². The van der Waals surface area contributed by atoms with Gasteiger partial charge in [0.2, 0.25) is 5.91 Å². The van der Waals surface area contributed by atoms with Crippen LogP contribution in [0.3, 0.4) is 0 Å². The Morgan fingerprint density at radius 1 is 1.10 bits per heavy atom. The lowest BCUT2D eigenvalue weighted by Crippen LogP contribution is -2.36. The molecule has 0 fully saturated rings. The summed E-state index contributed by atoms with van der Waals surface area (Å²) >= 11 is 0. The fourth-order valence-electron chi connectivity index (χ4n) is 2.85. The number of amides is 1. The Hall–Kier alpha value is -3.68.